The lowest BCUT2D eigenvalue weighted by Gasteiger charge is -2.41. The molecule has 2 atom stereocenters. The molecule has 162 valence electrons. The molecule has 3 aliphatic rings. The Bertz CT molecular complexity index is 1050. The Kier molecular flexibility index (Phi) is 5.15. The van der Waals surface area contributed by atoms with Crippen molar-refractivity contribution in [2.24, 2.45) is 0 Å². The number of piperidine rings is 1. The van der Waals surface area contributed by atoms with Gasteiger partial charge in [0.1, 0.15) is 17.3 Å². The Balaban J connectivity index is 1.62. The van der Waals surface area contributed by atoms with E-state index in [-0.39, 0.29) is 24.3 Å². The van der Waals surface area contributed by atoms with Gasteiger partial charge in [-0.25, -0.2) is 0 Å². The van der Waals surface area contributed by atoms with E-state index in [2.05, 4.69) is 10.6 Å². The second-order valence-electron chi connectivity index (χ2n) is 8.59. The Hall–Kier alpha value is -2.57. The number of hydrogen-bond acceptors (Lipinski definition) is 4. The molecule has 2 N–H and O–H groups in total. The van der Waals surface area contributed by atoms with Gasteiger partial charge in [0.05, 0.1) is 19.3 Å². The van der Waals surface area contributed by atoms with Gasteiger partial charge in [0.15, 0.2) is 0 Å². The van der Waals surface area contributed by atoms with Crippen LogP contribution < -0.4 is 15.4 Å². The van der Waals surface area contributed by atoms with Gasteiger partial charge in [-0.1, -0.05) is 35.4 Å². The van der Waals surface area contributed by atoms with Crippen LogP contribution in [-0.2, 0) is 19.7 Å². The van der Waals surface area contributed by atoms with Crippen LogP contribution >= 0.6 is 11.6 Å². The van der Waals surface area contributed by atoms with Gasteiger partial charge in [-0.15, -0.1) is 0 Å². The summed E-state index contributed by atoms with van der Waals surface area (Å²) in [4.78, 5) is 26.0. The molecule has 3 heterocycles. The van der Waals surface area contributed by atoms with Crippen LogP contribution in [0.3, 0.4) is 0 Å². The summed E-state index contributed by atoms with van der Waals surface area (Å²) in [5.41, 5.74) is 2.54. The van der Waals surface area contributed by atoms with Crippen molar-refractivity contribution in [2.45, 2.75) is 50.2 Å². The first-order valence-electron chi connectivity index (χ1n) is 10.7. The molecule has 3 aliphatic heterocycles. The molecule has 2 aromatic carbocycles. The molecule has 31 heavy (non-hydrogen) atoms. The maximum atomic E-state index is 13.4. The summed E-state index contributed by atoms with van der Waals surface area (Å²) in [6.07, 6.45) is 2.39. The van der Waals surface area contributed by atoms with E-state index in [1.807, 2.05) is 31.2 Å². The quantitative estimate of drug-likeness (QED) is 0.755. The Morgan fingerprint density at radius 1 is 1.13 bits per heavy atom. The van der Waals surface area contributed by atoms with Crippen molar-refractivity contribution in [3.05, 3.63) is 58.1 Å². The second-order valence-corrected chi connectivity index (χ2v) is 9.02. The van der Waals surface area contributed by atoms with Gasteiger partial charge >= 0.3 is 0 Å². The van der Waals surface area contributed by atoms with Gasteiger partial charge in [-0.05, 0) is 37.1 Å². The first-order chi connectivity index (χ1) is 15.0. The molecule has 7 heteroatoms. The number of nitrogens with one attached hydrogen (secondary N) is 2. The Labute approximate surface area is 186 Å². The van der Waals surface area contributed by atoms with E-state index in [1.165, 1.54) is 0 Å². The maximum absolute atomic E-state index is 13.4. The van der Waals surface area contributed by atoms with Crippen LogP contribution in [0.4, 0.5) is 5.69 Å². The Morgan fingerprint density at radius 3 is 2.74 bits per heavy atom. The van der Waals surface area contributed by atoms with Gasteiger partial charge in [0.2, 0.25) is 11.8 Å². The summed E-state index contributed by atoms with van der Waals surface area (Å²) in [7, 11) is 0. The van der Waals surface area contributed by atoms with Crippen LogP contribution in [0.25, 0.3) is 0 Å². The first-order valence-corrected chi connectivity index (χ1v) is 11.1. The van der Waals surface area contributed by atoms with Crippen molar-refractivity contribution in [2.75, 3.05) is 18.5 Å². The van der Waals surface area contributed by atoms with Gasteiger partial charge in [-0.3, -0.25) is 9.59 Å². The molecular formula is C24H25ClN2O4. The summed E-state index contributed by atoms with van der Waals surface area (Å²) in [6.45, 7) is 3.35. The minimum Gasteiger partial charge on any atom is -0.490 e. The third-order valence-corrected chi connectivity index (χ3v) is 6.83. The van der Waals surface area contributed by atoms with Crippen LogP contribution in [0.5, 0.6) is 5.75 Å². The molecule has 2 saturated heterocycles. The second kappa shape index (κ2) is 7.84. The predicted octanol–water partition coefficient (Wildman–Crippen LogP) is 4.05. The minimum atomic E-state index is -0.907. The van der Waals surface area contributed by atoms with Crippen LogP contribution in [-0.4, -0.2) is 31.1 Å². The largest absolute Gasteiger partial charge is 0.490 e. The number of carbonyl (C=O) groups excluding carboxylic acids is 2. The van der Waals surface area contributed by atoms with Crippen molar-refractivity contribution in [3.63, 3.8) is 0 Å². The highest BCUT2D eigenvalue weighted by atomic mass is 35.5. The molecular weight excluding hydrogens is 416 g/mol. The number of amides is 2. The highest BCUT2D eigenvalue weighted by Gasteiger charge is 2.56. The van der Waals surface area contributed by atoms with E-state index in [4.69, 9.17) is 21.1 Å². The number of aryl methyl sites for hydroxylation is 1. The first kappa shape index (κ1) is 20.3. The van der Waals surface area contributed by atoms with E-state index < -0.39 is 11.5 Å². The number of rotatable bonds is 3. The molecule has 2 amide bonds. The van der Waals surface area contributed by atoms with E-state index in [0.29, 0.717) is 36.1 Å². The number of carbonyl (C=O) groups is 2. The summed E-state index contributed by atoms with van der Waals surface area (Å²) in [5.74, 6) is 0.525. The lowest BCUT2D eigenvalue weighted by Crippen LogP contribution is -2.52. The van der Waals surface area contributed by atoms with E-state index in [1.54, 1.807) is 12.1 Å². The SMILES string of the molecule is Cc1ccc(OC2CCOCC2)c([C@H]2NC(=O)CC[C@]23C(=O)Nc2cc(Cl)ccc23)c1. The standard InChI is InChI=1S/C24H25ClN2O4/c1-14-2-5-20(31-16-7-10-30-11-8-16)17(12-14)22-24(9-6-21(28)27-22)18-4-3-15(25)13-19(18)26-23(24)29/h2-5,12-13,16,22H,6-11H2,1H3,(H,26,29)(H,27,28)/t22-,24-/m1/s1. The highest BCUT2D eigenvalue weighted by Crippen LogP contribution is 2.52. The van der Waals surface area contributed by atoms with Crippen molar-refractivity contribution >= 4 is 29.1 Å². The minimum absolute atomic E-state index is 0.0499. The number of hydrogen-bond donors (Lipinski definition) is 2. The fourth-order valence-corrected chi connectivity index (χ4v) is 5.20. The lowest BCUT2D eigenvalue weighted by atomic mass is 9.67. The Morgan fingerprint density at radius 2 is 1.94 bits per heavy atom. The molecule has 0 aliphatic carbocycles. The zero-order valence-corrected chi connectivity index (χ0v) is 18.1. The van der Waals surface area contributed by atoms with Gasteiger partial charge in [-0.2, -0.15) is 0 Å². The van der Waals surface area contributed by atoms with E-state index in [9.17, 15) is 9.59 Å². The fourth-order valence-electron chi connectivity index (χ4n) is 5.03. The normalized spacial score (nSPS) is 25.8. The molecule has 6 nitrogen and oxygen atoms in total. The number of fused-ring (bicyclic) bond motifs is 2. The zero-order chi connectivity index (χ0) is 21.6. The maximum Gasteiger partial charge on any atom is 0.237 e. The molecule has 0 aromatic heterocycles. The van der Waals surface area contributed by atoms with Crippen molar-refractivity contribution in [1.29, 1.82) is 0 Å². The summed E-state index contributed by atoms with van der Waals surface area (Å²) < 4.78 is 11.8. The molecule has 2 fully saturated rings. The molecule has 2 aromatic rings. The zero-order valence-electron chi connectivity index (χ0n) is 17.4. The van der Waals surface area contributed by atoms with Crippen molar-refractivity contribution in [3.8, 4) is 5.75 Å². The molecule has 0 bridgehead atoms. The third-order valence-electron chi connectivity index (χ3n) is 6.60. The summed E-state index contributed by atoms with van der Waals surface area (Å²) in [5, 5.41) is 6.68. The molecule has 0 radical (unpaired) electrons. The average molecular weight is 441 g/mol. The molecule has 1 spiro atoms. The summed E-state index contributed by atoms with van der Waals surface area (Å²) >= 11 is 6.18. The van der Waals surface area contributed by atoms with Crippen LogP contribution in [0.15, 0.2) is 36.4 Å². The predicted molar refractivity (Wildman–Crippen MR) is 118 cm³/mol. The highest BCUT2D eigenvalue weighted by molar-refractivity contribution is 6.31. The molecule has 5 rings (SSSR count). The van der Waals surface area contributed by atoms with E-state index >= 15 is 0 Å². The van der Waals surface area contributed by atoms with Gasteiger partial charge in [0, 0.05) is 35.5 Å². The van der Waals surface area contributed by atoms with Crippen LogP contribution in [0, 0.1) is 6.92 Å². The monoisotopic (exact) mass is 440 g/mol. The van der Waals surface area contributed by atoms with Crippen LogP contribution in [0.1, 0.15) is 48.4 Å². The number of halogens is 1. The summed E-state index contributed by atoms with van der Waals surface area (Å²) in [6, 6.07) is 10.9. The average Bonchev–Trinajstić information content (AvgIpc) is 3.03. The number of anilines is 1. The molecule has 0 unspecified atom stereocenters. The fraction of sp³-hybridized carbons (Fsp3) is 0.417. The van der Waals surface area contributed by atoms with Gasteiger partial charge in [0.25, 0.3) is 0 Å². The van der Waals surface area contributed by atoms with Crippen molar-refractivity contribution in [1.82, 2.24) is 5.32 Å². The number of benzene rings is 2. The third kappa shape index (κ3) is 3.48. The topological polar surface area (TPSA) is 76.7 Å². The number of ether oxygens (including phenoxy) is 2. The molecule has 0 saturated carbocycles. The van der Waals surface area contributed by atoms with Gasteiger partial charge < -0.3 is 20.1 Å². The van der Waals surface area contributed by atoms with E-state index in [0.717, 1.165) is 29.5 Å². The smallest absolute Gasteiger partial charge is 0.237 e. The van der Waals surface area contributed by atoms with Crippen LogP contribution in [0.2, 0.25) is 5.02 Å². The lowest BCUT2D eigenvalue weighted by molar-refractivity contribution is -0.130. The van der Waals surface area contributed by atoms with Crippen molar-refractivity contribution < 1.29 is 19.1 Å².